The number of furan rings is 1. The summed E-state index contributed by atoms with van der Waals surface area (Å²) in [6.45, 7) is 2.35. The van der Waals surface area contributed by atoms with Crippen molar-refractivity contribution in [1.82, 2.24) is 19.3 Å². The normalized spacial score (nSPS) is 12.7. The fourth-order valence-electron chi connectivity index (χ4n) is 2.78. The first kappa shape index (κ1) is 16.3. The van der Waals surface area contributed by atoms with Crippen molar-refractivity contribution in [3.63, 3.8) is 0 Å². The number of benzene rings is 1. The minimum absolute atomic E-state index is 0.181. The summed E-state index contributed by atoms with van der Waals surface area (Å²) >= 11 is 0. The Balaban J connectivity index is 1.76. The van der Waals surface area contributed by atoms with Gasteiger partial charge in [0.2, 0.25) is 5.82 Å². The number of fused-ring (bicyclic) bond motifs is 1. The van der Waals surface area contributed by atoms with Gasteiger partial charge in [-0.05, 0) is 30.7 Å². The van der Waals surface area contributed by atoms with Crippen LogP contribution in [0.4, 0.5) is 0 Å². The van der Waals surface area contributed by atoms with Crippen LogP contribution >= 0.6 is 0 Å². The van der Waals surface area contributed by atoms with Gasteiger partial charge in [0, 0.05) is 0 Å². The Kier molecular flexibility index (Phi) is 4.18. The molecule has 0 fully saturated rings. The number of para-hydroxylation sites is 2. The Morgan fingerprint density at radius 2 is 2.08 bits per heavy atom. The Morgan fingerprint density at radius 3 is 2.85 bits per heavy atom. The molecule has 0 unspecified atom stereocenters. The Bertz CT molecular complexity index is 1070. The molecule has 0 saturated heterocycles. The maximum absolute atomic E-state index is 12.2. The van der Waals surface area contributed by atoms with Gasteiger partial charge in [-0.1, -0.05) is 19.1 Å². The standard InChI is InChI=1S/C18H18N4O4/c1-2-12(23)10-22-16(19-17(20-22)15-8-5-9-25-15)11-21-13-6-3-4-7-14(13)26-18(21)24/h3-9,12,23H,2,10-11H2,1H3/t12-/m0/s1. The number of rotatable bonds is 6. The van der Waals surface area contributed by atoms with E-state index in [2.05, 4.69) is 10.1 Å². The molecule has 3 aromatic heterocycles. The number of hydrogen-bond acceptors (Lipinski definition) is 6. The van der Waals surface area contributed by atoms with Crippen molar-refractivity contribution in [1.29, 1.82) is 0 Å². The van der Waals surface area contributed by atoms with E-state index < -0.39 is 11.9 Å². The molecule has 1 aromatic carbocycles. The van der Waals surface area contributed by atoms with Crippen LogP contribution in [-0.4, -0.2) is 30.5 Å². The van der Waals surface area contributed by atoms with Gasteiger partial charge in [-0.25, -0.2) is 14.5 Å². The molecule has 1 N–H and O–H groups in total. The summed E-state index contributed by atoms with van der Waals surface area (Å²) in [5.41, 5.74) is 1.20. The van der Waals surface area contributed by atoms with E-state index in [0.29, 0.717) is 34.9 Å². The minimum atomic E-state index is -0.558. The Hall–Kier alpha value is -3.13. The molecule has 134 valence electrons. The van der Waals surface area contributed by atoms with Crippen molar-refractivity contribution in [3.05, 3.63) is 59.0 Å². The SMILES string of the molecule is CC[C@H](O)Cn1nc(-c2ccco2)nc1Cn1c(=O)oc2ccccc21. The Labute approximate surface area is 148 Å². The maximum atomic E-state index is 12.2. The zero-order valence-electron chi connectivity index (χ0n) is 14.2. The van der Waals surface area contributed by atoms with Crippen LogP contribution in [0.3, 0.4) is 0 Å². The lowest BCUT2D eigenvalue weighted by molar-refractivity contribution is 0.143. The number of hydrogen-bond donors (Lipinski definition) is 1. The number of aromatic nitrogens is 4. The Morgan fingerprint density at radius 1 is 1.23 bits per heavy atom. The van der Waals surface area contributed by atoms with Crippen LogP contribution in [-0.2, 0) is 13.1 Å². The van der Waals surface area contributed by atoms with Crippen LogP contribution in [0.25, 0.3) is 22.7 Å². The average molecular weight is 354 g/mol. The minimum Gasteiger partial charge on any atom is -0.461 e. The summed E-state index contributed by atoms with van der Waals surface area (Å²) in [4.78, 5) is 16.7. The molecular formula is C18H18N4O4. The van der Waals surface area contributed by atoms with E-state index in [1.165, 1.54) is 4.57 Å². The highest BCUT2D eigenvalue weighted by molar-refractivity contribution is 5.72. The van der Waals surface area contributed by atoms with Crippen LogP contribution in [0.1, 0.15) is 19.2 Å². The lowest BCUT2D eigenvalue weighted by Crippen LogP contribution is -2.22. The highest BCUT2D eigenvalue weighted by Gasteiger charge is 2.18. The van der Waals surface area contributed by atoms with E-state index in [4.69, 9.17) is 8.83 Å². The number of oxazole rings is 1. The highest BCUT2D eigenvalue weighted by atomic mass is 16.4. The first-order valence-corrected chi connectivity index (χ1v) is 8.39. The average Bonchev–Trinajstić information content (AvgIpc) is 3.36. The summed E-state index contributed by atoms with van der Waals surface area (Å²) in [7, 11) is 0. The van der Waals surface area contributed by atoms with Crippen molar-refractivity contribution in [2.45, 2.75) is 32.5 Å². The molecule has 8 heteroatoms. The zero-order chi connectivity index (χ0) is 18.1. The molecule has 4 aromatic rings. The van der Waals surface area contributed by atoms with Gasteiger partial charge in [-0.3, -0.25) is 4.57 Å². The van der Waals surface area contributed by atoms with Crippen molar-refractivity contribution in [3.8, 4) is 11.6 Å². The van der Waals surface area contributed by atoms with Crippen molar-refractivity contribution >= 4 is 11.1 Å². The molecule has 0 saturated carbocycles. The van der Waals surface area contributed by atoms with Gasteiger partial charge in [0.1, 0.15) is 5.82 Å². The third-order valence-electron chi connectivity index (χ3n) is 4.22. The fraction of sp³-hybridized carbons (Fsp3) is 0.278. The molecule has 26 heavy (non-hydrogen) atoms. The van der Waals surface area contributed by atoms with Gasteiger partial charge < -0.3 is 13.9 Å². The van der Waals surface area contributed by atoms with Crippen molar-refractivity contribution in [2.24, 2.45) is 0 Å². The number of aliphatic hydroxyl groups excluding tert-OH is 1. The van der Waals surface area contributed by atoms with Gasteiger partial charge in [-0.15, -0.1) is 5.10 Å². The van der Waals surface area contributed by atoms with Crippen LogP contribution in [0.5, 0.6) is 0 Å². The van der Waals surface area contributed by atoms with E-state index in [9.17, 15) is 9.90 Å². The topological polar surface area (TPSA) is 99.2 Å². The molecule has 1 atom stereocenters. The second kappa shape index (κ2) is 6.64. The predicted octanol–water partition coefficient (Wildman–Crippen LogP) is 2.27. The van der Waals surface area contributed by atoms with Crippen LogP contribution < -0.4 is 5.76 Å². The summed E-state index contributed by atoms with van der Waals surface area (Å²) < 4.78 is 13.7. The second-order valence-electron chi connectivity index (χ2n) is 5.99. The molecule has 0 radical (unpaired) electrons. The summed E-state index contributed by atoms with van der Waals surface area (Å²) in [5, 5.41) is 14.5. The molecule has 3 heterocycles. The van der Waals surface area contributed by atoms with E-state index in [1.807, 2.05) is 25.1 Å². The molecule has 0 spiro atoms. The molecule has 8 nitrogen and oxygen atoms in total. The van der Waals surface area contributed by atoms with Crippen molar-refractivity contribution < 1.29 is 13.9 Å². The molecule has 0 aliphatic heterocycles. The van der Waals surface area contributed by atoms with E-state index in [-0.39, 0.29) is 13.1 Å². The maximum Gasteiger partial charge on any atom is 0.420 e. The zero-order valence-corrected chi connectivity index (χ0v) is 14.2. The monoisotopic (exact) mass is 354 g/mol. The van der Waals surface area contributed by atoms with Crippen LogP contribution in [0.15, 0.2) is 56.3 Å². The smallest absolute Gasteiger partial charge is 0.420 e. The quantitative estimate of drug-likeness (QED) is 0.570. The molecule has 0 aliphatic carbocycles. The van der Waals surface area contributed by atoms with E-state index in [0.717, 1.165) is 0 Å². The predicted molar refractivity (Wildman–Crippen MR) is 93.6 cm³/mol. The fourth-order valence-corrected chi connectivity index (χ4v) is 2.78. The lowest BCUT2D eigenvalue weighted by atomic mass is 10.3. The molecule has 0 aliphatic rings. The molecule has 0 amide bonds. The lowest BCUT2D eigenvalue weighted by Gasteiger charge is -2.10. The molecule has 0 bridgehead atoms. The van der Waals surface area contributed by atoms with Crippen LogP contribution in [0.2, 0.25) is 0 Å². The van der Waals surface area contributed by atoms with Gasteiger partial charge in [0.15, 0.2) is 11.3 Å². The first-order valence-electron chi connectivity index (χ1n) is 8.39. The molecule has 4 rings (SSSR count). The number of aliphatic hydroxyl groups is 1. The van der Waals surface area contributed by atoms with Gasteiger partial charge in [-0.2, -0.15) is 0 Å². The molecular weight excluding hydrogens is 336 g/mol. The highest BCUT2D eigenvalue weighted by Crippen LogP contribution is 2.18. The van der Waals surface area contributed by atoms with Gasteiger partial charge >= 0.3 is 5.76 Å². The van der Waals surface area contributed by atoms with Crippen molar-refractivity contribution in [2.75, 3.05) is 0 Å². The largest absolute Gasteiger partial charge is 0.461 e. The first-order chi connectivity index (χ1) is 12.7. The van der Waals surface area contributed by atoms with Gasteiger partial charge in [0.25, 0.3) is 0 Å². The summed E-state index contributed by atoms with van der Waals surface area (Å²) in [6, 6.07) is 10.7. The summed E-state index contributed by atoms with van der Waals surface area (Å²) in [6.07, 6.45) is 1.58. The van der Waals surface area contributed by atoms with E-state index >= 15 is 0 Å². The van der Waals surface area contributed by atoms with Gasteiger partial charge in [0.05, 0.1) is 31.0 Å². The van der Waals surface area contributed by atoms with E-state index in [1.54, 1.807) is 29.1 Å². The summed E-state index contributed by atoms with van der Waals surface area (Å²) in [5.74, 6) is 1.02. The third-order valence-corrected chi connectivity index (χ3v) is 4.22. The third kappa shape index (κ3) is 2.95. The second-order valence-corrected chi connectivity index (χ2v) is 5.99. The van der Waals surface area contributed by atoms with Crippen LogP contribution in [0, 0.1) is 0 Å². The number of nitrogens with zero attached hydrogens (tertiary/aromatic N) is 4.